The molecule has 3 heterocycles. The molecule has 7 heteroatoms. The van der Waals surface area contributed by atoms with Gasteiger partial charge in [-0.25, -0.2) is 9.97 Å². The van der Waals surface area contributed by atoms with E-state index in [1.54, 1.807) is 11.3 Å². The molecule has 1 aliphatic rings. The number of morpholine rings is 1. The zero-order valence-electron chi connectivity index (χ0n) is 15.7. The Balaban J connectivity index is 1.85. The molecule has 1 fully saturated rings. The first kappa shape index (κ1) is 18.5. The van der Waals surface area contributed by atoms with E-state index >= 15 is 0 Å². The Bertz CT molecular complexity index is 711. The average molecular weight is 364 g/mol. The van der Waals surface area contributed by atoms with E-state index in [-0.39, 0.29) is 0 Å². The second-order valence-electron chi connectivity index (χ2n) is 6.88. The van der Waals surface area contributed by atoms with E-state index in [1.807, 2.05) is 7.05 Å². The normalized spacial score (nSPS) is 17.1. The van der Waals surface area contributed by atoms with E-state index in [1.165, 1.54) is 15.8 Å². The van der Waals surface area contributed by atoms with Crippen molar-refractivity contribution in [3.05, 3.63) is 16.3 Å². The Morgan fingerprint density at radius 1 is 1.20 bits per heavy atom. The molecular formula is C18H29N5OS. The predicted octanol–water partition coefficient (Wildman–Crippen LogP) is 2.41. The van der Waals surface area contributed by atoms with Crippen molar-refractivity contribution in [3.8, 4) is 0 Å². The highest BCUT2D eigenvalue weighted by atomic mass is 32.1. The Hall–Kier alpha value is -1.28. The minimum atomic E-state index is 0.540. The topological polar surface area (TPSA) is 62.3 Å². The molecule has 0 bridgehead atoms. The first-order chi connectivity index (χ1) is 12.1. The molecule has 25 heavy (non-hydrogen) atoms. The zero-order chi connectivity index (χ0) is 17.8. The highest BCUT2D eigenvalue weighted by molar-refractivity contribution is 7.18. The van der Waals surface area contributed by atoms with Crippen LogP contribution in [0.4, 0.5) is 5.82 Å². The number of hydrogen-bond acceptors (Lipinski definition) is 7. The summed E-state index contributed by atoms with van der Waals surface area (Å²) < 4.78 is 5.44. The third kappa shape index (κ3) is 4.47. The fourth-order valence-corrected chi connectivity index (χ4v) is 4.19. The second-order valence-corrected chi connectivity index (χ2v) is 8.09. The van der Waals surface area contributed by atoms with Gasteiger partial charge in [-0.2, -0.15) is 0 Å². The van der Waals surface area contributed by atoms with Gasteiger partial charge < -0.3 is 15.4 Å². The van der Waals surface area contributed by atoms with E-state index in [4.69, 9.17) is 14.7 Å². The number of thiophene rings is 1. The average Bonchev–Trinajstić information content (AvgIpc) is 2.88. The molecule has 2 aromatic heterocycles. The Morgan fingerprint density at radius 3 is 2.68 bits per heavy atom. The summed E-state index contributed by atoms with van der Waals surface area (Å²) in [6, 6.07) is 0. The number of hydrogen-bond donors (Lipinski definition) is 2. The van der Waals surface area contributed by atoms with Crippen LogP contribution >= 0.6 is 11.3 Å². The molecular weight excluding hydrogens is 334 g/mol. The fourth-order valence-electron chi connectivity index (χ4n) is 3.14. The minimum absolute atomic E-state index is 0.540. The molecule has 0 aromatic carbocycles. The number of ether oxygens (including phenoxy) is 1. The number of nitrogens with zero attached hydrogens (tertiary/aromatic N) is 3. The maximum absolute atomic E-state index is 5.44. The lowest BCUT2D eigenvalue weighted by Crippen LogP contribution is -2.36. The van der Waals surface area contributed by atoms with Gasteiger partial charge in [0.2, 0.25) is 0 Å². The molecule has 0 aliphatic carbocycles. The second kappa shape index (κ2) is 8.40. The number of rotatable bonds is 7. The molecule has 1 unspecified atom stereocenters. The molecule has 2 N–H and O–H groups in total. The van der Waals surface area contributed by atoms with Crippen molar-refractivity contribution in [2.45, 2.75) is 27.3 Å². The van der Waals surface area contributed by atoms with Gasteiger partial charge in [0.05, 0.1) is 25.1 Å². The van der Waals surface area contributed by atoms with Crippen LogP contribution in [0, 0.1) is 19.8 Å². The Morgan fingerprint density at radius 2 is 1.96 bits per heavy atom. The number of aryl methyl sites for hydroxylation is 2. The van der Waals surface area contributed by atoms with Crippen molar-refractivity contribution in [1.82, 2.24) is 20.2 Å². The molecule has 0 spiro atoms. The van der Waals surface area contributed by atoms with Crippen LogP contribution in [0.3, 0.4) is 0 Å². The summed E-state index contributed by atoms with van der Waals surface area (Å²) in [7, 11) is 1.99. The van der Waals surface area contributed by atoms with Crippen molar-refractivity contribution in [2.24, 2.45) is 5.92 Å². The number of fused-ring (bicyclic) bond motifs is 1. The van der Waals surface area contributed by atoms with Gasteiger partial charge in [-0.15, -0.1) is 11.3 Å². The standard InChI is InChI=1S/C18H29N5OS/c1-12(9-19-4)10-20-17-16-13(2)14(3)25-18(16)22-15(21-17)11-23-5-7-24-8-6-23/h12,19H,5-11H2,1-4H3,(H,20,21,22). The third-order valence-corrected chi connectivity index (χ3v) is 5.82. The van der Waals surface area contributed by atoms with Crippen molar-refractivity contribution in [1.29, 1.82) is 0 Å². The first-order valence-corrected chi connectivity index (χ1v) is 9.85. The van der Waals surface area contributed by atoms with Crippen LogP contribution in [-0.2, 0) is 11.3 Å². The van der Waals surface area contributed by atoms with Crippen molar-refractivity contribution >= 4 is 27.4 Å². The number of aromatic nitrogens is 2. The lowest BCUT2D eigenvalue weighted by Gasteiger charge is -2.26. The summed E-state index contributed by atoms with van der Waals surface area (Å²) in [5.41, 5.74) is 1.29. The minimum Gasteiger partial charge on any atom is -0.379 e. The van der Waals surface area contributed by atoms with Crippen molar-refractivity contribution in [3.63, 3.8) is 0 Å². The van der Waals surface area contributed by atoms with Gasteiger partial charge in [0.25, 0.3) is 0 Å². The van der Waals surface area contributed by atoms with E-state index < -0.39 is 0 Å². The molecule has 1 aliphatic heterocycles. The third-order valence-electron chi connectivity index (χ3n) is 4.71. The molecule has 1 atom stereocenters. The molecule has 138 valence electrons. The van der Waals surface area contributed by atoms with Crippen LogP contribution < -0.4 is 10.6 Å². The van der Waals surface area contributed by atoms with Crippen LogP contribution in [0.2, 0.25) is 0 Å². The van der Waals surface area contributed by atoms with Gasteiger partial charge >= 0.3 is 0 Å². The quantitative estimate of drug-likeness (QED) is 0.788. The molecule has 1 saturated heterocycles. The molecule has 2 aromatic rings. The van der Waals surface area contributed by atoms with Gasteiger partial charge in [0.1, 0.15) is 16.5 Å². The fraction of sp³-hybridized carbons (Fsp3) is 0.667. The maximum atomic E-state index is 5.44. The van der Waals surface area contributed by atoms with Crippen LogP contribution in [0.1, 0.15) is 23.2 Å². The van der Waals surface area contributed by atoms with Crippen LogP contribution in [0.15, 0.2) is 0 Å². The summed E-state index contributed by atoms with van der Waals surface area (Å²) in [6.45, 7) is 12.7. The first-order valence-electron chi connectivity index (χ1n) is 9.03. The van der Waals surface area contributed by atoms with E-state index in [9.17, 15) is 0 Å². The van der Waals surface area contributed by atoms with Gasteiger partial charge in [-0.1, -0.05) is 6.92 Å². The Kier molecular flexibility index (Phi) is 6.22. The summed E-state index contributed by atoms with van der Waals surface area (Å²) in [5.74, 6) is 2.43. The summed E-state index contributed by atoms with van der Waals surface area (Å²) in [5, 5.41) is 7.99. The SMILES string of the molecule is CNCC(C)CNc1nc(CN2CCOCC2)nc2sc(C)c(C)c12. The lowest BCUT2D eigenvalue weighted by molar-refractivity contribution is 0.0331. The van der Waals surface area contributed by atoms with Crippen LogP contribution in [0.25, 0.3) is 10.2 Å². The number of nitrogens with one attached hydrogen (secondary N) is 2. The van der Waals surface area contributed by atoms with E-state index in [2.05, 4.69) is 36.3 Å². The molecule has 0 radical (unpaired) electrons. The van der Waals surface area contributed by atoms with Gasteiger partial charge in [0.15, 0.2) is 0 Å². The highest BCUT2D eigenvalue weighted by Crippen LogP contribution is 2.33. The van der Waals surface area contributed by atoms with Gasteiger partial charge in [0, 0.05) is 24.5 Å². The smallest absolute Gasteiger partial charge is 0.146 e. The largest absolute Gasteiger partial charge is 0.379 e. The van der Waals surface area contributed by atoms with E-state index in [0.29, 0.717) is 5.92 Å². The predicted molar refractivity (Wildman–Crippen MR) is 105 cm³/mol. The monoisotopic (exact) mass is 363 g/mol. The van der Waals surface area contributed by atoms with Crippen molar-refractivity contribution in [2.75, 3.05) is 51.8 Å². The lowest BCUT2D eigenvalue weighted by atomic mass is 10.1. The zero-order valence-corrected chi connectivity index (χ0v) is 16.5. The molecule has 6 nitrogen and oxygen atoms in total. The highest BCUT2D eigenvalue weighted by Gasteiger charge is 2.18. The molecule has 0 saturated carbocycles. The van der Waals surface area contributed by atoms with Crippen LogP contribution in [-0.4, -0.2) is 61.3 Å². The summed E-state index contributed by atoms with van der Waals surface area (Å²) >= 11 is 1.77. The maximum Gasteiger partial charge on any atom is 0.146 e. The van der Waals surface area contributed by atoms with Crippen molar-refractivity contribution < 1.29 is 4.74 Å². The molecule has 3 rings (SSSR count). The summed E-state index contributed by atoms with van der Waals surface area (Å²) in [6.07, 6.45) is 0. The molecule has 0 amide bonds. The van der Waals surface area contributed by atoms with E-state index in [0.717, 1.165) is 62.4 Å². The summed E-state index contributed by atoms with van der Waals surface area (Å²) in [4.78, 5) is 14.5. The van der Waals surface area contributed by atoms with Gasteiger partial charge in [-0.05, 0) is 38.9 Å². The van der Waals surface area contributed by atoms with Crippen LogP contribution in [0.5, 0.6) is 0 Å². The number of anilines is 1. The van der Waals surface area contributed by atoms with Gasteiger partial charge in [-0.3, -0.25) is 4.90 Å². The Labute approximate surface area is 154 Å².